The Morgan fingerprint density at radius 3 is 2.20 bits per heavy atom. The SMILES string of the molecule is COc1cccc(CNc2c(Cl)cccc2Cl)c1OC. The van der Waals surface area contributed by atoms with Crippen LogP contribution in [0.2, 0.25) is 10.0 Å². The molecule has 0 aliphatic carbocycles. The molecule has 0 aliphatic rings. The van der Waals surface area contributed by atoms with Crippen LogP contribution in [-0.2, 0) is 6.54 Å². The average molecular weight is 312 g/mol. The van der Waals surface area contributed by atoms with Gasteiger partial charge in [0, 0.05) is 12.1 Å². The summed E-state index contributed by atoms with van der Waals surface area (Å²) >= 11 is 12.3. The molecule has 20 heavy (non-hydrogen) atoms. The molecule has 0 aliphatic heterocycles. The van der Waals surface area contributed by atoms with E-state index in [2.05, 4.69) is 5.32 Å². The topological polar surface area (TPSA) is 30.5 Å². The minimum atomic E-state index is 0.532. The van der Waals surface area contributed by atoms with Crippen LogP contribution < -0.4 is 14.8 Å². The molecule has 0 saturated heterocycles. The first-order valence-electron chi connectivity index (χ1n) is 6.05. The molecule has 0 unspecified atom stereocenters. The zero-order valence-corrected chi connectivity index (χ0v) is 12.8. The van der Waals surface area contributed by atoms with Gasteiger partial charge in [-0.25, -0.2) is 0 Å². The van der Waals surface area contributed by atoms with Gasteiger partial charge in [0.1, 0.15) is 0 Å². The highest BCUT2D eigenvalue weighted by molar-refractivity contribution is 6.39. The zero-order valence-electron chi connectivity index (χ0n) is 11.2. The summed E-state index contributed by atoms with van der Waals surface area (Å²) in [5, 5.41) is 4.39. The van der Waals surface area contributed by atoms with Crippen molar-refractivity contribution in [3.05, 3.63) is 52.0 Å². The molecule has 0 heterocycles. The maximum atomic E-state index is 6.13. The Bertz CT molecular complexity index is 582. The third-order valence-electron chi connectivity index (χ3n) is 2.90. The van der Waals surface area contributed by atoms with Crippen LogP contribution in [-0.4, -0.2) is 14.2 Å². The Balaban J connectivity index is 2.23. The molecule has 0 atom stereocenters. The van der Waals surface area contributed by atoms with Crippen LogP contribution in [0.3, 0.4) is 0 Å². The number of methoxy groups -OCH3 is 2. The van der Waals surface area contributed by atoms with E-state index in [1.807, 2.05) is 24.3 Å². The number of anilines is 1. The quantitative estimate of drug-likeness (QED) is 0.873. The van der Waals surface area contributed by atoms with Gasteiger partial charge < -0.3 is 14.8 Å². The number of rotatable bonds is 5. The molecule has 0 fully saturated rings. The highest BCUT2D eigenvalue weighted by Gasteiger charge is 2.11. The van der Waals surface area contributed by atoms with Crippen molar-refractivity contribution in [3.8, 4) is 11.5 Å². The summed E-state index contributed by atoms with van der Waals surface area (Å²) in [5.74, 6) is 1.39. The first kappa shape index (κ1) is 14.8. The van der Waals surface area contributed by atoms with E-state index in [1.54, 1.807) is 26.4 Å². The van der Waals surface area contributed by atoms with Crippen molar-refractivity contribution in [2.24, 2.45) is 0 Å². The largest absolute Gasteiger partial charge is 0.493 e. The van der Waals surface area contributed by atoms with Gasteiger partial charge in [0.25, 0.3) is 0 Å². The monoisotopic (exact) mass is 311 g/mol. The van der Waals surface area contributed by atoms with Crippen LogP contribution >= 0.6 is 23.2 Å². The summed E-state index contributed by atoms with van der Waals surface area (Å²) < 4.78 is 10.7. The molecule has 2 aromatic carbocycles. The fourth-order valence-corrected chi connectivity index (χ4v) is 2.47. The van der Waals surface area contributed by atoms with E-state index in [0.29, 0.717) is 33.8 Å². The summed E-state index contributed by atoms with van der Waals surface area (Å²) in [6.07, 6.45) is 0. The Hall–Kier alpha value is -1.58. The molecule has 3 nitrogen and oxygen atoms in total. The van der Waals surface area contributed by atoms with Gasteiger partial charge in [-0.3, -0.25) is 0 Å². The Morgan fingerprint density at radius 2 is 1.60 bits per heavy atom. The smallest absolute Gasteiger partial charge is 0.165 e. The van der Waals surface area contributed by atoms with Crippen molar-refractivity contribution >= 4 is 28.9 Å². The van der Waals surface area contributed by atoms with Crippen LogP contribution in [0.25, 0.3) is 0 Å². The first-order chi connectivity index (χ1) is 9.67. The Morgan fingerprint density at radius 1 is 0.950 bits per heavy atom. The lowest BCUT2D eigenvalue weighted by Crippen LogP contribution is -2.03. The van der Waals surface area contributed by atoms with Gasteiger partial charge in [-0.15, -0.1) is 0 Å². The maximum absolute atomic E-state index is 6.13. The molecule has 106 valence electrons. The molecular weight excluding hydrogens is 297 g/mol. The summed E-state index contributed by atoms with van der Waals surface area (Å²) in [5.41, 5.74) is 1.67. The Kier molecular flexibility index (Phi) is 4.99. The number of nitrogens with one attached hydrogen (secondary N) is 1. The fraction of sp³-hybridized carbons (Fsp3) is 0.200. The fourth-order valence-electron chi connectivity index (χ4n) is 1.94. The maximum Gasteiger partial charge on any atom is 0.165 e. The summed E-state index contributed by atoms with van der Waals surface area (Å²) in [7, 11) is 3.23. The molecule has 0 amide bonds. The number of halogens is 2. The normalized spacial score (nSPS) is 10.2. The molecule has 0 spiro atoms. The van der Waals surface area contributed by atoms with Crippen molar-refractivity contribution in [3.63, 3.8) is 0 Å². The standard InChI is InChI=1S/C15H15Cl2NO2/c1-19-13-8-3-5-10(15(13)20-2)9-18-14-11(16)6-4-7-12(14)17/h3-8,18H,9H2,1-2H3. The molecule has 0 radical (unpaired) electrons. The predicted octanol–water partition coefficient (Wildman–Crippen LogP) is 4.62. The molecule has 0 saturated carbocycles. The minimum absolute atomic E-state index is 0.532. The summed E-state index contributed by atoms with van der Waals surface area (Å²) in [6, 6.07) is 11.1. The lowest BCUT2D eigenvalue weighted by molar-refractivity contribution is 0.352. The van der Waals surface area contributed by atoms with Gasteiger partial charge in [0.15, 0.2) is 11.5 Å². The molecular formula is C15H15Cl2NO2. The van der Waals surface area contributed by atoms with E-state index < -0.39 is 0 Å². The van der Waals surface area contributed by atoms with Gasteiger partial charge in [0.2, 0.25) is 0 Å². The van der Waals surface area contributed by atoms with E-state index in [1.165, 1.54) is 0 Å². The van der Waals surface area contributed by atoms with Crippen LogP contribution in [0.1, 0.15) is 5.56 Å². The van der Waals surface area contributed by atoms with Crippen LogP contribution in [0.5, 0.6) is 11.5 Å². The molecule has 5 heteroatoms. The highest BCUT2D eigenvalue weighted by atomic mass is 35.5. The number of hydrogen-bond donors (Lipinski definition) is 1. The number of ether oxygens (including phenoxy) is 2. The van der Waals surface area contributed by atoms with Crippen molar-refractivity contribution in [2.75, 3.05) is 19.5 Å². The zero-order chi connectivity index (χ0) is 14.5. The van der Waals surface area contributed by atoms with Gasteiger partial charge in [-0.05, 0) is 18.2 Å². The average Bonchev–Trinajstić information content (AvgIpc) is 2.46. The molecule has 0 bridgehead atoms. The minimum Gasteiger partial charge on any atom is -0.493 e. The first-order valence-corrected chi connectivity index (χ1v) is 6.80. The number of hydrogen-bond acceptors (Lipinski definition) is 3. The van der Waals surface area contributed by atoms with Crippen LogP contribution in [0, 0.1) is 0 Å². The molecule has 0 aromatic heterocycles. The Labute approximate surface area is 128 Å². The summed E-state index contributed by atoms with van der Waals surface area (Å²) in [6.45, 7) is 0.532. The van der Waals surface area contributed by atoms with Crippen molar-refractivity contribution in [1.82, 2.24) is 0 Å². The third kappa shape index (κ3) is 3.11. The molecule has 2 aromatic rings. The number of benzene rings is 2. The predicted molar refractivity (Wildman–Crippen MR) is 83.3 cm³/mol. The second kappa shape index (κ2) is 6.73. The van der Waals surface area contributed by atoms with Gasteiger partial charge in [0.05, 0.1) is 30.0 Å². The second-order valence-corrected chi connectivity index (χ2v) is 4.92. The van der Waals surface area contributed by atoms with E-state index in [9.17, 15) is 0 Å². The van der Waals surface area contributed by atoms with E-state index in [0.717, 1.165) is 5.56 Å². The van der Waals surface area contributed by atoms with Crippen molar-refractivity contribution in [2.45, 2.75) is 6.54 Å². The van der Waals surface area contributed by atoms with Gasteiger partial charge in [-0.2, -0.15) is 0 Å². The van der Waals surface area contributed by atoms with Crippen molar-refractivity contribution < 1.29 is 9.47 Å². The van der Waals surface area contributed by atoms with E-state index >= 15 is 0 Å². The summed E-state index contributed by atoms with van der Waals surface area (Å²) in [4.78, 5) is 0. The van der Waals surface area contributed by atoms with Gasteiger partial charge >= 0.3 is 0 Å². The second-order valence-electron chi connectivity index (χ2n) is 4.10. The van der Waals surface area contributed by atoms with E-state index in [-0.39, 0.29) is 0 Å². The van der Waals surface area contributed by atoms with Crippen molar-refractivity contribution in [1.29, 1.82) is 0 Å². The number of para-hydroxylation sites is 2. The van der Waals surface area contributed by atoms with Gasteiger partial charge in [-0.1, -0.05) is 41.4 Å². The van der Waals surface area contributed by atoms with E-state index in [4.69, 9.17) is 32.7 Å². The van der Waals surface area contributed by atoms with Crippen LogP contribution in [0.4, 0.5) is 5.69 Å². The third-order valence-corrected chi connectivity index (χ3v) is 3.53. The lowest BCUT2D eigenvalue weighted by Gasteiger charge is -2.15. The van der Waals surface area contributed by atoms with Crippen LogP contribution in [0.15, 0.2) is 36.4 Å². The molecule has 1 N–H and O–H groups in total. The lowest BCUT2D eigenvalue weighted by atomic mass is 10.1. The highest BCUT2D eigenvalue weighted by Crippen LogP contribution is 2.33. The molecule has 2 rings (SSSR count).